The molecule has 0 saturated carbocycles. The molecule has 0 atom stereocenters. The standard InChI is InChI=1S/C16H10N4O3S/c21-14-9-17-20(15(22)19-14)10-5-7-11(8-6-10)23-16-18-12-3-1-2-4-13(12)24-16/h1-9H,(H,19,21,22). The third-order valence-electron chi connectivity index (χ3n) is 3.27. The van der Waals surface area contributed by atoms with E-state index in [1.165, 1.54) is 11.3 Å². The Kier molecular flexibility index (Phi) is 3.43. The van der Waals surface area contributed by atoms with Crippen LogP contribution in [0.5, 0.6) is 10.9 Å². The van der Waals surface area contributed by atoms with Crippen LogP contribution < -0.4 is 16.0 Å². The fraction of sp³-hybridized carbons (Fsp3) is 0. The molecule has 4 rings (SSSR count). The van der Waals surface area contributed by atoms with Gasteiger partial charge in [0.25, 0.3) is 10.8 Å². The van der Waals surface area contributed by atoms with Crippen LogP contribution in [-0.2, 0) is 0 Å². The number of rotatable bonds is 3. The Labute approximate surface area is 138 Å². The van der Waals surface area contributed by atoms with E-state index in [1.54, 1.807) is 24.3 Å². The molecule has 0 amide bonds. The lowest BCUT2D eigenvalue weighted by Crippen LogP contribution is -2.30. The number of hydrogen-bond donors (Lipinski definition) is 1. The number of H-pyrrole nitrogens is 1. The second kappa shape index (κ2) is 5.74. The highest BCUT2D eigenvalue weighted by Gasteiger charge is 2.06. The number of fused-ring (bicyclic) bond motifs is 1. The Morgan fingerprint density at radius 2 is 1.83 bits per heavy atom. The Balaban J connectivity index is 1.61. The largest absolute Gasteiger partial charge is 0.431 e. The van der Waals surface area contributed by atoms with E-state index in [0.717, 1.165) is 21.1 Å². The van der Waals surface area contributed by atoms with Gasteiger partial charge in [-0.05, 0) is 36.4 Å². The summed E-state index contributed by atoms with van der Waals surface area (Å²) in [6, 6.07) is 14.6. The van der Waals surface area contributed by atoms with Crippen molar-refractivity contribution >= 4 is 21.6 Å². The van der Waals surface area contributed by atoms with Crippen molar-refractivity contribution in [2.75, 3.05) is 0 Å². The van der Waals surface area contributed by atoms with Crippen molar-refractivity contribution in [3.63, 3.8) is 0 Å². The first-order chi connectivity index (χ1) is 11.7. The Hall–Kier alpha value is -3.26. The third-order valence-corrected chi connectivity index (χ3v) is 4.19. The Morgan fingerprint density at radius 3 is 2.58 bits per heavy atom. The highest BCUT2D eigenvalue weighted by atomic mass is 32.1. The zero-order chi connectivity index (χ0) is 16.5. The van der Waals surface area contributed by atoms with Crippen LogP contribution in [-0.4, -0.2) is 19.7 Å². The fourth-order valence-electron chi connectivity index (χ4n) is 2.19. The molecule has 0 spiro atoms. The maximum Gasteiger partial charge on any atom is 0.349 e. The zero-order valence-electron chi connectivity index (χ0n) is 12.2. The number of para-hydroxylation sites is 1. The quantitative estimate of drug-likeness (QED) is 0.619. The number of hydrogen-bond acceptors (Lipinski definition) is 6. The van der Waals surface area contributed by atoms with E-state index in [9.17, 15) is 9.59 Å². The highest BCUT2D eigenvalue weighted by Crippen LogP contribution is 2.31. The molecule has 0 unspecified atom stereocenters. The monoisotopic (exact) mass is 338 g/mol. The summed E-state index contributed by atoms with van der Waals surface area (Å²) in [5.74, 6) is 0.593. The minimum Gasteiger partial charge on any atom is -0.431 e. The van der Waals surface area contributed by atoms with Crippen molar-refractivity contribution < 1.29 is 4.74 Å². The molecule has 24 heavy (non-hydrogen) atoms. The van der Waals surface area contributed by atoms with E-state index in [4.69, 9.17) is 4.74 Å². The van der Waals surface area contributed by atoms with Crippen LogP contribution in [0.2, 0.25) is 0 Å². The van der Waals surface area contributed by atoms with Gasteiger partial charge >= 0.3 is 5.69 Å². The number of aromatic amines is 1. The summed E-state index contributed by atoms with van der Waals surface area (Å²) in [6.45, 7) is 0. The molecule has 0 bridgehead atoms. The van der Waals surface area contributed by atoms with Gasteiger partial charge in [-0.25, -0.2) is 9.78 Å². The first kappa shape index (κ1) is 14.3. The molecule has 1 N–H and O–H groups in total. The van der Waals surface area contributed by atoms with Crippen LogP contribution in [0.1, 0.15) is 0 Å². The average molecular weight is 338 g/mol. The summed E-state index contributed by atoms with van der Waals surface area (Å²) < 4.78 is 7.89. The summed E-state index contributed by atoms with van der Waals surface area (Å²) in [6.07, 6.45) is 1.05. The fourth-order valence-corrected chi connectivity index (χ4v) is 3.02. The molecular formula is C16H10N4O3S. The van der Waals surface area contributed by atoms with Gasteiger partial charge in [0.2, 0.25) is 0 Å². The van der Waals surface area contributed by atoms with Crippen LogP contribution in [0.3, 0.4) is 0 Å². The molecular weight excluding hydrogens is 328 g/mol. The third kappa shape index (κ3) is 2.70. The number of nitrogens with zero attached hydrogens (tertiary/aromatic N) is 3. The van der Waals surface area contributed by atoms with E-state index in [2.05, 4.69) is 15.1 Å². The van der Waals surface area contributed by atoms with E-state index in [0.29, 0.717) is 16.6 Å². The van der Waals surface area contributed by atoms with E-state index >= 15 is 0 Å². The molecule has 0 radical (unpaired) electrons. The van der Waals surface area contributed by atoms with Gasteiger partial charge in [0.1, 0.15) is 11.9 Å². The molecule has 7 nitrogen and oxygen atoms in total. The Morgan fingerprint density at radius 1 is 1.04 bits per heavy atom. The van der Waals surface area contributed by atoms with Gasteiger partial charge in [0, 0.05) is 0 Å². The van der Waals surface area contributed by atoms with Crippen molar-refractivity contribution in [2.45, 2.75) is 0 Å². The number of aromatic nitrogens is 4. The van der Waals surface area contributed by atoms with Crippen molar-refractivity contribution in [1.29, 1.82) is 0 Å². The van der Waals surface area contributed by atoms with Gasteiger partial charge in [0.05, 0.1) is 15.9 Å². The molecule has 2 aromatic carbocycles. The van der Waals surface area contributed by atoms with Crippen LogP contribution in [0.4, 0.5) is 0 Å². The minimum absolute atomic E-state index is 0.521. The van der Waals surface area contributed by atoms with Gasteiger partial charge in [0.15, 0.2) is 0 Å². The summed E-state index contributed by atoms with van der Waals surface area (Å²) in [4.78, 5) is 29.3. The Bertz CT molecular complexity index is 1100. The summed E-state index contributed by atoms with van der Waals surface area (Å²) in [5.41, 5.74) is 0.278. The van der Waals surface area contributed by atoms with Crippen molar-refractivity contribution in [1.82, 2.24) is 19.7 Å². The molecule has 0 aliphatic rings. The van der Waals surface area contributed by atoms with Gasteiger partial charge in [-0.1, -0.05) is 23.5 Å². The van der Waals surface area contributed by atoms with Crippen molar-refractivity contribution in [2.24, 2.45) is 0 Å². The van der Waals surface area contributed by atoms with Crippen LogP contribution in [0, 0.1) is 0 Å². The van der Waals surface area contributed by atoms with E-state index in [1.807, 2.05) is 24.3 Å². The summed E-state index contributed by atoms with van der Waals surface area (Å²) in [5, 5.41) is 4.34. The normalized spacial score (nSPS) is 10.8. The molecule has 0 fully saturated rings. The first-order valence-corrected chi connectivity index (χ1v) is 7.83. The van der Waals surface area contributed by atoms with Crippen LogP contribution in [0.25, 0.3) is 15.9 Å². The minimum atomic E-state index is -0.595. The summed E-state index contributed by atoms with van der Waals surface area (Å²) >= 11 is 1.46. The lowest BCUT2D eigenvalue weighted by molar-refractivity contribution is 0.480. The molecule has 0 saturated heterocycles. The molecule has 0 aliphatic heterocycles. The first-order valence-electron chi connectivity index (χ1n) is 7.01. The van der Waals surface area contributed by atoms with E-state index < -0.39 is 11.2 Å². The molecule has 4 aromatic rings. The number of ether oxygens (including phenoxy) is 1. The van der Waals surface area contributed by atoms with E-state index in [-0.39, 0.29) is 0 Å². The molecule has 8 heteroatoms. The topological polar surface area (TPSA) is 89.9 Å². The SMILES string of the molecule is O=c1cnn(-c2ccc(Oc3nc4ccccc4s3)cc2)c(=O)[nH]1. The zero-order valence-corrected chi connectivity index (χ0v) is 13.0. The predicted molar refractivity (Wildman–Crippen MR) is 90.1 cm³/mol. The van der Waals surface area contributed by atoms with Crippen molar-refractivity contribution in [3.05, 3.63) is 75.6 Å². The van der Waals surface area contributed by atoms with Crippen LogP contribution >= 0.6 is 11.3 Å². The lowest BCUT2D eigenvalue weighted by atomic mass is 10.3. The molecule has 2 aromatic heterocycles. The van der Waals surface area contributed by atoms with Gasteiger partial charge in [-0.2, -0.15) is 9.78 Å². The molecule has 0 aliphatic carbocycles. The average Bonchev–Trinajstić information content (AvgIpc) is 2.98. The second-order valence-electron chi connectivity index (χ2n) is 4.89. The van der Waals surface area contributed by atoms with Crippen LogP contribution in [0.15, 0.2) is 64.3 Å². The maximum atomic E-state index is 11.7. The summed E-state index contributed by atoms with van der Waals surface area (Å²) in [7, 11) is 0. The lowest BCUT2D eigenvalue weighted by Gasteiger charge is -2.05. The number of thiazole rings is 1. The van der Waals surface area contributed by atoms with Gasteiger partial charge in [-0.15, -0.1) is 0 Å². The number of nitrogens with one attached hydrogen (secondary N) is 1. The second-order valence-corrected chi connectivity index (χ2v) is 5.89. The number of benzene rings is 2. The van der Waals surface area contributed by atoms with Gasteiger partial charge in [-0.3, -0.25) is 9.78 Å². The maximum absolute atomic E-state index is 11.7. The highest BCUT2D eigenvalue weighted by molar-refractivity contribution is 7.20. The smallest absolute Gasteiger partial charge is 0.349 e. The predicted octanol–water partition coefficient (Wildman–Crippen LogP) is 2.32. The molecule has 118 valence electrons. The van der Waals surface area contributed by atoms with Crippen molar-refractivity contribution in [3.8, 4) is 16.6 Å². The molecule has 2 heterocycles. The van der Waals surface area contributed by atoms with Gasteiger partial charge < -0.3 is 4.74 Å².